The number of benzene rings is 1. The minimum Gasteiger partial charge on any atom is -0.492 e. The van der Waals surface area contributed by atoms with E-state index in [9.17, 15) is 0 Å². The van der Waals surface area contributed by atoms with Gasteiger partial charge in [0.2, 0.25) is 0 Å². The summed E-state index contributed by atoms with van der Waals surface area (Å²) >= 11 is 5.14. The second-order valence-corrected chi connectivity index (χ2v) is 7.08. The van der Waals surface area contributed by atoms with Crippen molar-refractivity contribution in [2.24, 2.45) is 0 Å². The third-order valence-corrected chi connectivity index (χ3v) is 5.32. The van der Waals surface area contributed by atoms with Crippen LogP contribution in [-0.4, -0.2) is 32.1 Å². The van der Waals surface area contributed by atoms with E-state index in [2.05, 4.69) is 17.0 Å². The van der Waals surface area contributed by atoms with Crippen LogP contribution in [0.1, 0.15) is 0 Å². The van der Waals surface area contributed by atoms with Crippen molar-refractivity contribution < 1.29 is 4.74 Å². The molecule has 0 saturated carbocycles. The molecule has 0 aliphatic heterocycles. The zero-order chi connectivity index (χ0) is 13.0. The highest BCUT2D eigenvalue weighted by molar-refractivity contribution is 7.80. The number of rotatable bonds is 5. The summed E-state index contributed by atoms with van der Waals surface area (Å²) in [5, 5.41) is 0. The van der Waals surface area contributed by atoms with Gasteiger partial charge < -0.3 is 9.64 Å². The summed E-state index contributed by atoms with van der Waals surface area (Å²) in [5.41, 5.74) is 1.20. The van der Waals surface area contributed by atoms with Crippen LogP contribution in [0.15, 0.2) is 30.3 Å². The largest absolute Gasteiger partial charge is 0.492 e. The van der Waals surface area contributed by atoms with Crippen molar-refractivity contribution in [3.8, 4) is 16.2 Å². The Bertz CT molecular complexity index is 542. The molecular formula is C13H15NOS3. The van der Waals surface area contributed by atoms with Crippen molar-refractivity contribution in [2.45, 2.75) is 0 Å². The van der Waals surface area contributed by atoms with Gasteiger partial charge in [-0.15, -0.1) is 0 Å². The van der Waals surface area contributed by atoms with Crippen molar-refractivity contribution in [1.82, 2.24) is 4.90 Å². The van der Waals surface area contributed by atoms with E-state index in [1.165, 1.54) is 10.4 Å². The van der Waals surface area contributed by atoms with Gasteiger partial charge in [-0.25, -0.2) is 0 Å². The Labute approximate surface area is 120 Å². The van der Waals surface area contributed by atoms with E-state index in [4.69, 9.17) is 17.0 Å². The number of hydrogen-bond donors (Lipinski definition) is 0. The summed E-state index contributed by atoms with van der Waals surface area (Å²) in [4.78, 5) is 3.33. The van der Waals surface area contributed by atoms with E-state index >= 15 is 0 Å². The second kappa shape index (κ2) is 6.43. The molecule has 0 unspecified atom stereocenters. The topological polar surface area (TPSA) is 12.5 Å². The molecule has 0 bridgehead atoms. The molecular weight excluding hydrogens is 282 g/mol. The van der Waals surface area contributed by atoms with Gasteiger partial charge in [0.1, 0.15) is 16.2 Å². The predicted molar refractivity (Wildman–Crippen MR) is 82.5 cm³/mol. The molecule has 0 spiro atoms. The molecule has 1 aromatic heterocycles. The Morgan fingerprint density at radius 2 is 1.89 bits per heavy atom. The second-order valence-electron chi connectivity index (χ2n) is 4.17. The van der Waals surface area contributed by atoms with Crippen LogP contribution in [-0.2, 0) is 0 Å². The van der Waals surface area contributed by atoms with E-state index in [1.807, 2.05) is 32.3 Å². The highest BCUT2D eigenvalue weighted by atomic mass is 32.9. The maximum absolute atomic E-state index is 5.66. The van der Waals surface area contributed by atoms with Crippen LogP contribution in [0.5, 0.6) is 5.75 Å². The molecule has 2 rings (SSSR count). The number of likely N-dealkylation sites (N-methyl/N-ethyl adjacent to an activating group) is 1. The lowest BCUT2D eigenvalue weighted by Gasteiger charge is -2.11. The van der Waals surface area contributed by atoms with Crippen LogP contribution in [0.25, 0.3) is 10.4 Å². The number of ether oxygens (including phenoxy) is 1. The molecule has 96 valence electrons. The first-order valence-electron chi connectivity index (χ1n) is 5.63. The van der Waals surface area contributed by atoms with E-state index < -0.39 is 0 Å². The van der Waals surface area contributed by atoms with Gasteiger partial charge in [0.05, 0.1) is 0 Å². The molecule has 0 amide bonds. The summed E-state index contributed by atoms with van der Waals surface area (Å²) in [7, 11) is 7.44. The maximum atomic E-state index is 5.66. The minimum absolute atomic E-state index is 0.712. The van der Waals surface area contributed by atoms with Crippen molar-refractivity contribution in [2.75, 3.05) is 27.2 Å². The van der Waals surface area contributed by atoms with Crippen LogP contribution in [0.3, 0.4) is 0 Å². The Balaban J connectivity index is 1.99. The van der Waals surface area contributed by atoms with Crippen molar-refractivity contribution in [1.29, 1.82) is 0 Å². The van der Waals surface area contributed by atoms with Gasteiger partial charge in [-0.2, -0.15) is 0 Å². The molecule has 1 heterocycles. The van der Waals surface area contributed by atoms with E-state index in [1.54, 1.807) is 20.7 Å². The first-order chi connectivity index (χ1) is 8.65. The Hall–Kier alpha value is -0.750. The smallest absolute Gasteiger partial charge is 0.119 e. The summed E-state index contributed by atoms with van der Waals surface area (Å²) < 4.78 is 6.60. The number of nitrogens with zero attached hydrogens (tertiary/aromatic N) is 1. The molecule has 5 heteroatoms. The zero-order valence-electron chi connectivity index (χ0n) is 10.4. The van der Waals surface area contributed by atoms with Crippen molar-refractivity contribution in [3.63, 3.8) is 0 Å². The molecule has 0 saturated heterocycles. The van der Waals surface area contributed by atoms with Gasteiger partial charge in [-0.3, -0.25) is 0 Å². The summed E-state index contributed by atoms with van der Waals surface area (Å²) in [6.07, 6.45) is 0. The first kappa shape index (κ1) is 13.7. The predicted octanol–water partition coefficient (Wildman–Crippen LogP) is 4.15. The number of hydrogen-bond acceptors (Lipinski definition) is 5. The van der Waals surface area contributed by atoms with Crippen molar-refractivity contribution in [3.05, 3.63) is 34.2 Å². The SMILES string of the molecule is CN(C)CCOc1ccc(-c2cc(=S)ss2)cc1. The third-order valence-electron chi connectivity index (χ3n) is 2.41. The lowest BCUT2D eigenvalue weighted by Crippen LogP contribution is -2.19. The highest BCUT2D eigenvalue weighted by Crippen LogP contribution is 2.30. The molecule has 0 atom stereocenters. The summed E-state index contributed by atoms with van der Waals surface area (Å²) in [6, 6.07) is 10.2. The van der Waals surface area contributed by atoms with Gasteiger partial charge in [0.15, 0.2) is 0 Å². The molecule has 2 aromatic rings. The van der Waals surface area contributed by atoms with Crippen LogP contribution < -0.4 is 4.74 Å². The Morgan fingerprint density at radius 3 is 2.44 bits per heavy atom. The van der Waals surface area contributed by atoms with Crippen LogP contribution in [0.2, 0.25) is 0 Å². The molecule has 0 fully saturated rings. The van der Waals surface area contributed by atoms with Gasteiger partial charge in [0, 0.05) is 11.4 Å². The van der Waals surface area contributed by atoms with Gasteiger partial charge in [-0.1, -0.05) is 32.9 Å². The maximum Gasteiger partial charge on any atom is 0.119 e. The van der Waals surface area contributed by atoms with E-state index in [-0.39, 0.29) is 0 Å². The van der Waals surface area contributed by atoms with E-state index in [0.717, 1.165) is 16.1 Å². The fourth-order valence-electron chi connectivity index (χ4n) is 1.43. The molecule has 0 aliphatic carbocycles. The van der Waals surface area contributed by atoms with Crippen molar-refractivity contribution >= 4 is 32.9 Å². The lowest BCUT2D eigenvalue weighted by molar-refractivity contribution is 0.261. The minimum atomic E-state index is 0.712. The Morgan fingerprint density at radius 1 is 1.17 bits per heavy atom. The van der Waals surface area contributed by atoms with Gasteiger partial charge in [-0.05, 0) is 50.0 Å². The average Bonchev–Trinajstić information content (AvgIpc) is 2.76. The summed E-state index contributed by atoms with van der Waals surface area (Å²) in [6.45, 7) is 1.64. The van der Waals surface area contributed by atoms with E-state index in [0.29, 0.717) is 6.61 Å². The molecule has 2 nitrogen and oxygen atoms in total. The monoisotopic (exact) mass is 297 g/mol. The normalized spacial score (nSPS) is 10.8. The van der Waals surface area contributed by atoms with Crippen LogP contribution in [0.4, 0.5) is 0 Å². The Kier molecular flexibility index (Phi) is 4.88. The fourth-order valence-corrected chi connectivity index (χ4v) is 3.84. The molecule has 18 heavy (non-hydrogen) atoms. The van der Waals surface area contributed by atoms with Crippen LogP contribution >= 0.6 is 32.9 Å². The van der Waals surface area contributed by atoms with Crippen LogP contribution in [0, 0.1) is 3.82 Å². The fraction of sp³-hybridized carbons (Fsp3) is 0.308. The molecule has 0 aliphatic rings. The molecule has 0 radical (unpaired) electrons. The van der Waals surface area contributed by atoms with Gasteiger partial charge in [0.25, 0.3) is 0 Å². The van der Waals surface area contributed by atoms with Gasteiger partial charge >= 0.3 is 0 Å². The lowest BCUT2D eigenvalue weighted by atomic mass is 10.2. The average molecular weight is 297 g/mol. The first-order valence-corrected chi connectivity index (χ1v) is 8.19. The summed E-state index contributed by atoms with van der Waals surface area (Å²) in [5.74, 6) is 0.916. The highest BCUT2D eigenvalue weighted by Gasteiger charge is 2.01. The molecule has 0 N–H and O–H groups in total. The molecule has 1 aromatic carbocycles. The third kappa shape index (κ3) is 3.88. The zero-order valence-corrected chi connectivity index (χ0v) is 12.8. The standard InChI is InChI=1S/C13H15NOS3/c1-14(2)7-8-15-11-5-3-10(4-6-11)12-9-13(16)18-17-12/h3-6,9H,7-8H2,1-2H3. The quantitative estimate of drug-likeness (QED) is 0.608.